The monoisotopic (exact) mass is 432 g/mol. The Bertz CT molecular complexity index is 1220. The van der Waals surface area contributed by atoms with Crippen molar-refractivity contribution in [3.63, 3.8) is 0 Å². The van der Waals surface area contributed by atoms with Gasteiger partial charge in [0.25, 0.3) is 10.0 Å². The van der Waals surface area contributed by atoms with E-state index >= 15 is 0 Å². The van der Waals surface area contributed by atoms with Crippen LogP contribution in [-0.4, -0.2) is 14.2 Å². The van der Waals surface area contributed by atoms with Crippen molar-refractivity contribution < 1.29 is 22.0 Å². The Balaban J connectivity index is 1.74. The highest BCUT2D eigenvalue weighted by Gasteiger charge is 2.41. The Hall–Kier alpha value is -3.04. The van der Waals surface area contributed by atoms with E-state index in [9.17, 15) is 22.0 Å². The molecule has 1 aliphatic rings. The number of sulfonamides is 1. The molecule has 0 fully saturated rings. The summed E-state index contributed by atoms with van der Waals surface area (Å²) in [6, 6.07) is 13.6. The quantitative estimate of drug-likeness (QED) is 0.616. The molecule has 3 aromatic rings. The third-order valence-electron chi connectivity index (χ3n) is 4.37. The fourth-order valence-corrected chi connectivity index (χ4v) is 5.42. The molecule has 9 heteroatoms. The van der Waals surface area contributed by atoms with Crippen molar-refractivity contribution in [2.24, 2.45) is 0 Å². The highest BCUT2D eigenvalue weighted by molar-refractivity contribution is 7.97. The molecule has 0 atom stereocenters. The van der Waals surface area contributed by atoms with Crippen molar-refractivity contribution in [3.8, 4) is 0 Å². The van der Waals surface area contributed by atoms with Gasteiger partial charge < -0.3 is 5.32 Å². The number of carbonyl (C=O) groups is 1. The van der Waals surface area contributed by atoms with Gasteiger partial charge in [0.1, 0.15) is 4.88 Å². The summed E-state index contributed by atoms with van der Waals surface area (Å²) in [7, 11) is -4.16. The van der Waals surface area contributed by atoms with Crippen LogP contribution in [-0.2, 0) is 16.6 Å². The van der Waals surface area contributed by atoms with Gasteiger partial charge in [0.05, 0.1) is 12.2 Å². The minimum atomic E-state index is -4.16. The number of nitrogens with one attached hydrogen (secondary N) is 1. The number of hydrogen-bond donors (Lipinski definition) is 1. The number of hydrogen-bond acceptors (Lipinski definition) is 5. The molecule has 0 bridgehead atoms. The summed E-state index contributed by atoms with van der Waals surface area (Å²) in [6.07, 6.45) is 1.02. The van der Waals surface area contributed by atoms with Crippen LogP contribution in [0.4, 0.5) is 20.2 Å². The van der Waals surface area contributed by atoms with E-state index in [2.05, 4.69) is 5.32 Å². The zero-order valence-electron chi connectivity index (χ0n) is 14.8. The zero-order valence-corrected chi connectivity index (χ0v) is 16.4. The molecular weight excluding hydrogens is 418 g/mol. The smallest absolute Gasteiger partial charge is 0.270 e. The molecule has 2 heterocycles. The number of carbonyl (C=O) groups excluding carboxylic acids is 1. The van der Waals surface area contributed by atoms with E-state index in [1.807, 2.05) is 6.07 Å². The van der Waals surface area contributed by atoms with E-state index in [4.69, 9.17) is 0 Å². The minimum absolute atomic E-state index is 0.0582. The van der Waals surface area contributed by atoms with Crippen molar-refractivity contribution in [2.75, 3.05) is 9.62 Å². The second-order valence-corrected chi connectivity index (χ2v) is 8.99. The van der Waals surface area contributed by atoms with Crippen LogP contribution in [0.2, 0.25) is 0 Å². The van der Waals surface area contributed by atoms with Gasteiger partial charge in [0.2, 0.25) is 5.78 Å². The van der Waals surface area contributed by atoms with Crippen LogP contribution in [0, 0.1) is 11.6 Å². The first-order valence-corrected chi connectivity index (χ1v) is 10.8. The first-order valence-electron chi connectivity index (χ1n) is 8.48. The molecule has 0 unspecified atom stereocenters. The maximum absolute atomic E-state index is 13.4. The van der Waals surface area contributed by atoms with Gasteiger partial charge >= 0.3 is 0 Å². The van der Waals surface area contributed by atoms with Gasteiger partial charge in [-0.2, -0.15) is 0 Å². The summed E-state index contributed by atoms with van der Waals surface area (Å²) in [4.78, 5) is 12.6. The first kappa shape index (κ1) is 19.3. The summed E-state index contributed by atoms with van der Waals surface area (Å²) >= 11 is 1.14. The van der Waals surface area contributed by atoms with E-state index in [0.29, 0.717) is 10.6 Å². The third-order valence-corrected chi connectivity index (χ3v) is 7.04. The lowest BCUT2D eigenvalue weighted by molar-refractivity contribution is 0.104. The van der Waals surface area contributed by atoms with Gasteiger partial charge in [0, 0.05) is 18.0 Å². The van der Waals surface area contributed by atoms with Crippen molar-refractivity contribution in [1.29, 1.82) is 0 Å². The van der Waals surface area contributed by atoms with Crippen LogP contribution in [0.5, 0.6) is 0 Å². The number of thiophene rings is 1. The van der Waals surface area contributed by atoms with Crippen molar-refractivity contribution >= 4 is 38.5 Å². The average Bonchev–Trinajstić information content (AvgIpc) is 3.18. The van der Waals surface area contributed by atoms with E-state index in [1.54, 1.807) is 35.7 Å². The molecule has 0 aliphatic carbocycles. The summed E-state index contributed by atoms with van der Waals surface area (Å²) < 4.78 is 54.1. The molecular formula is C20H14F2N2O3S2. The number of halogens is 2. The number of anilines is 2. The molecule has 0 saturated carbocycles. The molecule has 1 aliphatic heterocycles. The highest BCUT2D eigenvalue weighted by atomic mass is 32.2. The number of Topliss-reactive ketones (excluding diaryl/α,β-unsaturated/α-hetero) is 1. The SMILES string of the molecule is O=C1C(=CNc2ccc(F)c(F)c2)S(=O)(=O)N(Cc2ccccc2)c2ccsc21. The molecule has 29 heavy (non-hydrogen) atoms. The van der Waals surface area contributed by atoms with Gasteiger partial charge in [0.15, 0.2) is 16.5 Å². The molecule has 1 N–H and O–H groups in total. The van der Waals surface area contributed by atoms with E-state index in [1.165, 1.54) is 10.4 Å². The van der Waals surface area contributed by atoms with Crippen LogP contribution < -0.4 is 9.62 Å². The van der Waals surface area contributed by atoms with Gasteiger partial charge in [-0.1, -0.05) is 30.3 Å². The van der Waals surface area contributed by atoms with Crippen molar-refractivity contribution in [2.45, 2.75) is 6.54 Å². The number of rotatable bonds is 4. The number of ketones is 1. The Morgan fingerprint density at radius 3 is 2.52 bits per heavy atom. The molecule has 2 aromatic carbocycles. The number of nitrogens with zero attached hydrogens (tertiary/aromatic N) is 1. The Kier molecular flexibility index (Phi) is 4.93. The van der Waals surface area contributed by atoms with E-state index < -0.39 is 32.3 Å². The molecule has 4 rings (SSSR count). The molecule has 0 saturated heterocycles. The van der Waals surface area contributed by atoms with Gasteiger partial charge in [-0.05, 0) is 29.1 Å². The second kappa shape index (κ2) is 7.41. The normalized spacial score (nSPS) is 16.7. The summed E-state index contributed by atoms with van der Waals surface area (Å²) in [5, 5.41) is 4.24. The third kappa shape index (κ3) is 3.54. The first-order chi connectivity index (χ1) is 13.9. The van der Waals surface area contributed by atoms with Crippen LogP contribution in [0.1, 0.15) is 15.2 Å². The van der Waals surface area contributed by atoms with Crippen LogP contribution in [0.15, 0.2) is 71.1 Å². The van der Waals surface area contributed by atoms with Crippen LogP contribution in [0.25, 0.3) is 0 Å². The fourth-order valence-electron chi connectivity index (χ4n) is 2.94. The topological polar surface area (TPSA) is 66.5 Å². The predicted octanol–water partition coefficient (Wildman–Crippen LogP) is 4.51. The van der Waals surface area contributed by atoms with Crippen LogP contribution in [0.3, 0.4) is 0 Å². The summed E-state index contributed by atoms with van der Waals surface area (Å²) in [6.45, 7) is 0.0582. The zero-order chi connectivity index (χ0) is 20.6. The Morgan fingerprint density at radius 2 is 1.79 bits per heavy atom. The Morgan fingerprint density at radius 1 is 1.03 bits per heavy atom. The number of benzene rings is 2. The molecule has 0 radical (unpaired) electrons. The standard InChI is InChI=1S/C20H14F2N2O3S2/c21-15-7-6-14(10-16(15)22)23-11-18-19(25)20-17(8-9-28-20)24(29(18,26)27)12-13-4-2-1-3-5-13/h1-11,23H,12H2. The van der Waals surface area contributed by atoms with Gasteiger partial charge in [-0.15, -0.1) is 11.3 Å². The van der Waals surface area contributed by atoms with Crippen LogP contribution >= 0.6 is 11.3 Å². The Labute approximate surface area is 170 Å². The maximum atomic E-state index is 13.4. The summed E-state index contributed by atoms with van der Waals surface area (Å²) in [5.74, 6) is -2.76. The molecule has 0 amide bonds. The van der Waals surface area contributed by atoms with E-state index in [-0.39, 0.29) is 12.2 Å². The number of allylic oxidation sites excluding steroid dienone is 1. The highest BCUT2D eigenvalue weighted by Crippen LogP contribution is 2.39. The molecule has 148 valence electrons. The van der Waals surface area contributed by atoms with E-state index in [0.717, 1.165) is 35.2 Å². The number of fused-ring (bicyclic) bond motifs is 1. The summed E-state index contributed by atoms with van der Waals surface area (Å²) in [5.41, 5.74) is 1.20. The minimum Gasteiger partial charge on any atom is -0.360 e. The molecule has 0 spiro atoms. The largest absolute Gasteiger partial charge is 0.360 e. The fraction of sp³-hybridized carbons (Fsp3) is 0.0500. The van der Waals surface area contributed by atoms with Gasteiger partial charge in [-0.3, -0.25) is 9.10 Å². The van der Waals surface area contributed by atoms with Crippen molar-refractivity contribution in [1.82, 2.24) is 0 Å². The lowest BCUT2D eigenvalue weighted by Crippen LogP contribution is -2.38. The predicted molar refractivity (Wildman–Crippen MR) is 108 cm³/mol. The van der Waals surface area contributed by atoms with Gasteiger partial charge in [-0.25, -0.2) is 17.2 Å². The maximum Gasteiger partial charge on any atom is 0.270 e. The van der Waals surface area contributed by atoms with Crippen molar-refractivity contribution in [3.05, 3.63) is 93.2 Å². The lowest BCUT2D eigenvalue weighted by atomic mass is 10.2. The lowest BCUT2D eigenvalue weighted by Gasteiger charge is -2.29. The molecule has 1 aromatic heterocycles. The molecule has 5 nitrogen and oxygen atoms in total. The second-order valence-electron chi connectivity index (χ2n) is 6.24. The average molecular weight is 432 g/mol.